The second-order valence-corrected chi connectivity index (χ2v) is 17.1. The summed E-state index contributed by atoms with van der Waals surface area (Å²) in [6, 6.07) is 18.0. The molecule has 4 N–H and O–H groups in total. The molecule has 0 saturated carbocycles. The normalized spacial score (nSPS) is 11.6. The van der Waals surface area contributed by atoms with Gasteiger partial charge in [0.15, 0.2) is 13.2 Å². The largest absolute Gasteiger partial charge is 0.507 e. The van der Waals surface area contributed by atoms with Crippen LogP contribution in [0.4, 0.5) is 0 Å². The van der Waals surface area contributed by atoms with Crippen LogP contribution in [-0.4, -0.2) is 52.9 Å². The first kappa shape index (κ1) is 47.0. The van der Waals surface area contributed by atoms with Crippen LogP contribution in [0.1, 0.15) is 128 Å². The van der Waals surface area contributed by atoms with E-state index in [2.05, 4.69) is 40.9 Å². The van der Waals surface area contributed by atoms with Gasteiger partial charge in [-0.25, -0.2) is 0 Å². The molecular weight excluding hydrogens is 759 g/mol. The van der Waals surface area contributed by atoms with E-state index in [-0.39, 0.29) is 52.1 Å². The van der Waals surface area contributed by atoms with Crippen LogP contribution in [0, 0.1) is 4.91 Å². The van der Waals surface area contributed by atoms with E-state index in [1.807, 2.05) is 38.1 Å². The first-order chi connectivity index (χ1) is 28.4. The third-order valence-electron chi connectivity index (χ3n) is 11.5. The topological polar surface area (TPSA) is 138 Å². The Morgan fingerprint density at radius 2 is 0.883 bits per heavy atom. The number of allylic oxidation sites excluding steroid dienone is 2. The zero-order valence-corrected chi connectivity index (χ0v) is 37.0. The number of unbranched alkanes of at least 4 members (excludes halogenated alkanes) is 6. The molecule has 0 amide bonds. The summed E-state index contributed by atoms with van der Waals surface area (Å²) in [4.78, 5) is 22.5. The van der Waals surface area contributed by atoms with Crippen LogP contribution in [0.3, 0.4) is 0 Å². The van der Waals surface area contributed by atoms with Crippen LogP contribution in [0.25, 0.3) is 33.4 Å². The zero-order chi connectivity index (χ0) is 44.2. The number of nitrogens with zero attached hydrogens (tertiary/aromatic N) is 1. The van der Waals surface area contributed by atoms with Gasteiger partial charge >= 0.3 is 5.09 Å². The fraction of sp³-hybridized carbons (Fsp3) is 0.440. The van der Waals surface area contributed by atoms with Crippen LogP contribution < -0.4 is 9.47 Å². The molecule has 60 heavy (non-hydrogen) atoms. The molecule has 0 aromatic heterocycles. The second-order valence-electron chi connectivity index (χ2n) is 17.1. The Hall–Kier alpha value is -5.64. The molecule has 0 atom stereocenters. The van der Waals surface area contributed by atoms with Gasteiger partial charge in [0.25, 0.3) is 0 Å². The van der Waals surface area contributed by atoms with Gasteiger partial charge in [0.2, 0.25) is 0 Å². The van der Waals surface area contributed by atoms with Gasteiger partial charge in [-0.15, -0.1) is 0 Å². The highest BCUT2D eigenvalue weighted by molar-refractivity contribution is 5.88. The second kappa shape index (κ2) is 21.1. The lowest BCUT2D eigenvalue weighted by Crippen LogP contribution is -2.17. The predicted octanol–water partition coefficient (Wildman–Crippen LogP) is 12.7. The number of hydrogen-bond donors (Lipinski definition) is 4. The first-order valence-electron chi connectivity index (χ1n) is 20.9. The summed E-state index contributed by atoms with van der Waals surface area (Å²) in [5.74, 6) is 1.25. The maximum Gasteiger partial charge on any atom is 0.477 e. The quantitative estimate of drug-likeness (QED) is 0.0402. The lowest BCUT2D eigenvalue weighted by Gasteiger charge is -2.27. The minimum Gasteiger partial charge on any atom is -0.507 e. The molecule has 0 aliphatic rings. The molecule has 0 radical (unpaired) electrons. The molecule has 4 aromatic carbocycles. The average Bonchev–Trinajstić information content (AvgIpc) is 3.19. The number of methoxy groups -OCH3 is 2. The van der Waals surface area contributed by atoms with Gasteiger partial charge in [-0.1, -0.05) is 89.8 Å². The summed E-state index contributed by atoms with van der Waals surface area (Å²) < 4.78 is 10.8. The maximum absolute atomic E-state index is 12.1. The molecule has 0 aliphatic heterocycles. The molecule has 0 bridgehead atoms. The Balaban J connectivity index is 1.12. The number of hydrogen-bond acceptors (Lipinski definition) is 9. The highest BCUT2D eigenvalue weighted by Crippen LogP contribution is 2.47. The van der Waals surface area contributed by atoms with E-state index in [4.69, 9.17) is 19.1 Å². The average molecular weight is 825 g/mol. The van der Waals surface area contributed by atoms with Crippen molar-refractivity contribution < 1.29 is 44.7 Å². The number of aromatic hydroxyl groups is 4. The number of phenolic OH excluding ortho intramolecular Hbond substituents is 4. The van der Waals surface area contributed by atoms with Crippen molar-refractivity contribution in [1.82, 2.24) is 0 Å². The Morgan fingerprint density at radius 3 is 1.20 bits per heavy atom. The predicted molar refractivity (Wildman–Crippen MR) is 241 cm³/mol. The van der Waals surface area contributed by atoms with E-state index in [1.54, 1.807) is 50.6 Å². The Kier molecular flexibility index (Phi) is 16.5. The van der Waals surface area contributed by atoms with Crippen molar-refractivity contribution in [3.63, 3.8) is 0 Å². The van der Waals surface area contributed by atoms with E-state index in [0.717, 1.165) is 97.6 Å². The number of benzene rings is 4. The van der Waals surface area contributed by atoms with Gasteiger partial charge < -0.3 is 29.9 Å². The van der Waals surface area contributed by atoms with E-state index >= 15 is 0 Å². The van der Waals surface area contributed by atoms with E-state index in [1.165, 1.54) is 0 Å². The molecule has 4 aromatic rings. The molecule has 0 fully saturated rings. The van der Waals surface area contributed by atoms with Gasteiger partial charge in [0.05, 0.1) is 25.3 Å². The molecule has 10 nitrogen and oxygen atoms in total. The number of rotatable bonds is 24. The molecule has 10 heteroatoms. The van der Waals surface area contributed by atoms with Crippen molar-refractivity contribution in [2.24, 2.45) is 0 Å². The minimum absolute atomic E-state index is 0.00208. The maximum atomic E-state index is 12.1. The van der Waals surface area contributed by atoms with Crippen LogP contribution in [0.15, 0.2) is 73.8 Å². The molecule has 4 rings (SSSR count). The first-order valence-corrected chi connectivity index (χ1v) is 20.9. The van der Waals surface area contributed by atoms with Crippen molar-refractivity contribution in [1.29, 1.82) is 0 Å². The monoisotopic (exact) mass is 824 g/mol. The minimum atomic E-state index is -0.291. The zero-order valence-electron chi connectivity index (χ0n) is 37.0. The van der Waals surface area contributed by atoms with Gasteiger partial charge in [-0.05, 0) is 134 Å². The van der Waals surface area contributed by atoms with Crippen LogP contribution in [-0.2, 0) is 20.5 Å². The Labute approximate surface area is 356 Å². The molecule has 324 valence electrons. The van der Waals surface area contributed by atoms with Crippen molar-refractivity contribution in [2.45, 2.75) is 117 Å². The van der Waals surface area contributed by atoms with Gasteiger partial charge in [-0.2, -0.15) is 9.68 Å². The Bertz CT molecular complexity index is 1940. The number of ether oxygens (including phenoxy) is 2. The highest BCUT2D eigenvalue weighted by Gasteiger charge is 2.27. The van der Waals surface area contributed by atoms with Crippen molar-refractivity contribution in [3.05, 3.63) is 101 Å². The summed E-state index contributed by atoms with van der Waals surface area (Å²) in [5.41, 5.74) is 6.40. The molecule has 0 saturated heterocycles. The van der Waals surface area contributed by atoms with Crippen LogP contribution >= 0.6 is 0 Å². The molecule has 0 aliphatic carbocycles. The van der Waals surface area contributed by atoms with Gasteiger partial charge in [0, 0.05) is 11.1 Å². The third kappa shape index (κ3) is 12.2. The molecule has 0 spiro atoms. The SMILES string of the molecule is C=C(C)c1ccc(OC)cc1-c1c(O)cc(C(C)(C)CCCCCCO[N+](=O)OCCCCCCC(C)(C)c2cc(O)c(-c3cc(OC)ccc3C(=C)C)c(O)c2)cc1O. The van der Waals surface area contributed by atoms with Crippen LogP contribution in [0.2, 0.25) is 0 Å². The lowest BCUT2D eigenvalue weighted by atomic mass is 9.79. The third-order valence-corrected chi connectivity index (χ3v) is 11.5. The number of phenols is 4. The standard InChI is InChI=1S/C50H65NO9/c1-33(2)39-21-19-37(57-9)31-41(39)47-43(52)27-35(28-44(47)53)49(5,6)23-15-11-13-17-25-59-51(56)60-26-18-14-12-16-24-50(7,8)36-29-45(54)48(46(55)30-36)42-32-38(58-10)20-22-40(42)34(3)4/h19-22,27-32H,1,3,11-18,23-26H2,2,4-10H3,(H3-,52,53,54,55)/p+1. The smallest absolute Gasteiger partial charge is 0.477 e. The molecule has 0 unspecified atom stereocenters. The van der Waals surface area contributed by atoms with Crippen LogP contribution in [0.5, 0.6) is 34.5 Å². The molecule has 0 heterocycles. The van der Waals surface area contributed by atoms with E-state index in [9.17, 15) is 25.3 Å². The summed E-state index contributed by atoms with van der Waals surface area (Å²) in [6.07, 6.45) is 8.64. The van der Waals surface area contributed by atoms with Crippen molar-refractivity contribution >= 4 is 11.1 Å². The van der Waals surface area contributed by atoms with E-state index < -0.39 is 0 Å². The highest BCUT2D eigenvalue weighted by atomic mass is 17.0. The van der Waals surface area contributed by atoms with Crippen molar-refractivity contribution in [2.75, 3.05) is 27.4 Å². The van der Waals surface area contributed by atoms with Gasteiger partial charge in [-0.3, -0.25) is 0 Å². The fourth-order valence-electron chi connectivity index (χ4n) is 7.66. The lowest BCUT2D eigenvalue weighted by molar-refractivity contribution is -0.981. The summed E-state index contributed by atoms with van der Waals surface area (Å²) >= 11 is 0. The summed E-state index contributed by atoms with van der Waals surface area (Å²) in [5, 5.41) is 44.7. The Morgan fingerprint density at radius 1 is 0.550 bits per heavy atom. The van der Waals surface area contributed by atoms with Crippen molar-refractivity contribution in [3.8, 4) is 56.8 Å². The fourth-order valence-corrected chi connectivity index (χ4v) is 7.66. The summed E-state index contributed by atoms with van der Waals surface area (Å²) in [7, 11) is 3.16. The van der Waals surface area contributed by atoms with Gasteiger partial charge in [0.1, 0.15) is 39.4 Å². The molecular formula is C50H66NO9+. The van der Waals surface area contributed by atoms with E-state index in [0.29, 0.717) is 33.8 Å². The summed E-state index contributed by atoms with van der Waals surface area (Å²) in [6.45, 7) is 20.8.